The Labute approximate surface area is 76.1 Å². The van der Waals surface area contributed by atoms with Crippen molar-refractivity contribution in [2.75, 3.05) is 0 Å². The highest BCUT2D eigenvalue weighted by atomic mass is 32.1. The largest absolute Gasteiger partial charge is 0.335 e. The lowest BCUT2D eigenvalue weighted by molar-refractivity contribution is 1.07. The third kappa shape index (κ3) is 1.31. The highest BCUT2D eigenvalue weighted by molar-refractivity contribution is 7.80. The Morgan fingerprint density at radius 3 is 2.50 bits per heavy atom. The van der Waals surface area contributed by atoms with Crippen molar-refractivity contribution in [3.05, 3.63) is 36.5 Å². The van der Waals surface area contributed by atoms with E-state index >= 15 is 0 Å². The van der Waals surface area contributed by atoms with Gasteiger partial charge in [0.05, 0.1) is 5.69 Å². The van der Waals surface area contributed by atoms with Crippen LogP contribution in [0.2, 0.25) is 0 Å². The first-order chi connectivity index (χ1) is 5.86. The van der Waals surface area contributed by atoms with Crippen LogP contribution in [0.25, 0.3) is 11.3 Å². The number of rotatable bonds is 1. The molecule has 0 fully saturated rings. The summed E-state index contributed by atoms with van der Waals surface area (Å²) in [6.45, 7) is 0. The Morgan fingerprint density at radius 1 is 1.17 bits per heavy atom. The molecule has 0 bridgehead atoms. The maximum atomic E-state index is 4.87. The monoisotopic (exact) mass is 175 g/mol. The maximum Gasteiger partial charge on any atom is 0.197 e. The van der Waals surface area contributed by atoms with Crippen molar-refractivity contribution in [2.45, 2.75) is 5.16 Å². The van der Waals surface area contributed by atoms with Crippen LogP contribution in [0.3, 0.4) is 0 Å². The van der Waals surface area contributed by atoms with E-state index in [4.69, 9.17) is 12.6 Å². The molecule has 1 N–H and O–H groups in total. The van der Waals surface area contributed by atoms with E-state index in [2.05, 4.69) is 9.97 Å². The topological polar surface area (TPSA) is 28.7 Å². The molecule has 1 heterocycles. The van der Waals surface area contributed by atoms with Crippen molar-refractivity contribution >= 4 is 12.6 Å². The lowest BCUT2D eigenvalue weighted by Gasteiger charge is -1.92. The zero-order valence-electron chi connectivity index (χ0n) is 6.32. The van der Waals surface area contributed by atoms with Crippen LogP contribution in [-0.2, 0) is 0 Å². The van der Waals surface area contributed by atoms with Gasteiger partial charge in [0.25, 0.3) is 0 Å². The van der Waals surface area contributed by atoms with Crippen molar-refractivity contribution in [3.8, 4) is 11.3 Å². The Kier molecular flexibility index (Phi) is 1.80. The van der Waals surface area contributed by atoms with E-state index in [1.165, 1.54) is 0 Å². The average Bonchev–Trinajstić information content (AvgIpc) is 2.54. The number of nitrogens with one attached hydrogen (secondary N) is 1. The molecule has 1 aromatic carbocycles. The summed E-state index contributed by atoms with van der Waals surface area (Å²) in [7, 11) is 0. The third-order valence-electron chi connectivity index (χ3n) is 1.62. The summed E-state index contributed by atoms with van der Waals surface area (Å²) in [4.78, 5) is 7.01. The van der Waals surface area contributed by atoms with Gasteiger partial charge < -0.3 is 4.98 Å². The van der Waals surface area contributed by atoms with Gasteiger partial charge in [0.2, 0.25) is 0 Å². The van der Waals surface area contributed by atoms with Crippen molar-refractivity contribution in [1.82, 2.24) is 9.97 Å². The van der Waals surface area contributed by atoms with Gasteiger partial charge in [0, 0.05) is 11.8 Å². The lowest BCUT2D eigenvalue weighted by Crippen LogP contribution is -1.74. The molecule has 0 saturated carbocycles. The fourth-order valence-corrected chi connectivity index (χ4v) is 1.22. The number of aromatic nitrogens is 2. The minimum atomic E-state index is 0.536. The van der Waals surface area contributed by atoms with Crippen molar-refractivity contribution in [1.29, 1.82) is 0 Å². The molecule has 2 nitrogen and oxygen atoms in total. The molecular weight excluding hydrogens is 168 g/mol. The van der Waals surface area contributed by atoms with E-state index in [0.717, 1.165) is 11.3 Å². The van der Waals surface area contributed by atoms with Gasteiger partial charge in [-0.1, -0.05) is 30.3 Å². The van der Waals surface area contributed by atoms with Gasteiger partial charge in [-0.05, 0) is 12.6 Å². The first-order valence-corrected chi connectivity index (χ1v) is 4.05. The summed E-state index contributed by atoms with van der Waals surface area (Å²) in [6, 6.07) is 9.95. The van der Waals surface area contributed by atoms with Crippen LogP contribution < -0.4 is 0 Å². The summed E-state index contributed by atoms with van der Waals surface area (Å²) in [5, 5.41) is 0.536. The normalized spacial score (nSPS) is 10.0. The Balaban J connectivity index is 2.45. The van der Waals surface area contributed by atoms with Gasteiger partial charge in [-0.2, -0.15) is 0 Å². The highest BCUT2D eigenvalue weighted by Gasteiger charge is 1.99. The molecule has 59 valence electrons. The molecule has 0 amide bonds. The van der Waals surface area contributed by atoms with Crippen LogP contribution in [0.1, 0.15) is 0 Å². The number of aromatic amines is 1. The minimum Gasteiger partial charge on any atom is -0.335 e. The van der Waals surface area contributed by atoms with Crippen LogP contribution in [-0.4, -0.2) is 9.97 Å². The van der Waals surface area contributed by atoms with E-state index < -0.39 is 0 Å². The second kappa shape index (κ2) is 2.95. The van der Waals surface area contributed by atoms with Crippen LogP contribution in [0.15, 0.2) is 41.7 Å². The molecule has 1 radical (unpaired) electrons. The van der Waals surface area contributed by atoms with Gasteiger partial charge >= 0.3 is 0 Å². The summed E-state index contributed by atoms with van der Waals surface area (Å²) in [5.74, 6) is 0. The zero-order chi connectivity index (χ0) is 8.39. The van der Waals surface area contributed by atoms with Crippen LogP contribution >= 0.6 is 12.6 Å². The number of H-pyrrole nitrogens is 1. The number of hydrogen-bond acceptors (Lipinski definition) is 1. The number of benzene rings is 1. The number of imidazole rings is 1. The molecular formula is C9H7N2S. The van der Waals surface area contributed by atoms with Crippen LogP contribution in [0, 0.1) is 0 Å². The molecule has 0 saturated heterocycles. The molecule has 1 aromatic heterocycles. The highest BCUT2D eigenvalue weighted by Crippen LogP contribution is 2.16. The lowest BCUT2D eigenvalue weighted by atomic mass is 10.2. The Bertz CT molecular complexity index is 367. The van der Waals surface area contributed by atoms with Crippen LogP contribution in [0.4, 0.5) is 0 Å². The summed E-state index contributed by atoms with van der Waals surface area (Å²) >= 11 is 4.87. The fraction of sp³-hybridized carbons (Fsp3) is 0. The summed E-state index contributed by atoms with van der Waals surface area (Å²) < 4.78 is 0. The predicted molar refractivity (Wildman–Crippen MR) is 49.9 cm³/mol. The van der Waals surface area contributed by atoms with Gasteiger partial charge in [0.15, 0.2) is 5.16 Å². The first-order valence-electron chi connectivity index (χ1n) is 3.64. The smallest absolute Gasteiger partial charge is 0.197 e. The number of nitrogens with zero attached hydrogens (tertiary/aromatic N) is 1. The second-order valence-electron chi connectivity index (χ2n) is 2.46. The van der Waals surface area contributed by atoms with E-state index in [1.54, 1.807) is 0 Å². The molecule has 0 aliphatic rings. The van der Waals surface area contributed by atoms with Crippen molar-refractivity contribution in [3.63, 3.8) is 0 Å². The molecule has 0 aliphatic carbocycles. The second-order valence-corrected chi connectivity index (χ2v) is 2.84. The molecule has 0 atom stereocenters. The Hall–Kier alpha value is -1.35. The van der Waals surface area contributed by atoms with Crippen molar-refractivity contribution < 1.29 is 0 Å². The minimum absolute atomic E-state index is 0.536. The van der Waals surface area contributed by atoms with E-state index in [9.17, 15) is 0 Å². The zero-order valence-corrected chi connectivity index (χ0v) is 7.14. The molecule has 12 heavy (non-hydrogen) atoms. The van der Waals surface area contributed by atoms with E-state index in [-0.39, 0.29) is 0 Å². The summed E-state index contributed by atoms with van der Waals surface area (Å²) in [5.41, 5.74) is 1.99. The van der Waals surface area contributed by atoms with E-state index in [0.29, 0.717) is 5.16 Å². The predicted octanol–water partition coefficient (Wildman–Crippen LogP) is 2.63. The third-order valence-corrected chi connectivity index (χ3v) is 1.83. The van der Waals surface area contributed by atoms with Crippen LogP contribution in [0.5, 0.6) is 0 Å². The fourth-order valence-electron chi connectivity index (χ4n) is 1.06. The molecule has 2 aromatic rings. The van der Waals surface area contributed by atoms with Gasteiger partial charge in [0.1, 0.15) is 0 Å². The van der Waals surface area contributed by atoms with Gasteiger partial charge in [-0.15, -0.1) is 0 Å². The SMILES string of the molecule is [S]c1nc(-c2ccccc2)c[nH]1. The first kappa shape index (κ1) is 7.31. The molecule has 0 spiro atoms. The maximum absolute atomic E-state index is 4.87. The molecule has 3 heteroatoms. The average molecular weight is 175 g/mol. The molecule has 2 rings (SSSR count). The van der Waals surface area contributed by atoms with Gasteiger partial charge in [-0.25, -0.2) is 4.98 Å². The molecule has 0 aliphatic heterocycles. The summed E-state index contributed by atoms with van der Waals surface area (Å²) in [6.07, 6.45) is 1.82. The van der Waals surface area contributed by atoms with Gasteiger partial charge in [-0.3, -0.25) is 0 Å². The standard InChI is InChI=1S/C9H7N2S/c12-9-10-6-8(11-9)7-4-2-1-3-5-7/h1-6H,(H,10,11). The quantitative estimate of drug-likeness (QED) is 0.709. The number of hydrogen-bond donors (Lipinski definition) is 1. The van der Waals surface area contributed by atoms with Crippen molar-refractivity contribution in [2.24, 2.45) is 0 Å². The molecule has 0 unspecified atom stereocenters. The van der Waals surface area contributed by atoms with E-state index in [1.807, 2.05) is 36.5 Å². The Morgan fingerprint density at radius 2 is 1.92 bits per heavy atom.